The molecule has 0 aliphatic carbocycles. The van der Waals surface area contributed by atoms with E-state index in [0.29, 0.717) is 6.54 Å². The van der Waals surface area contributed by atoms with E-state index in [2.05, 4.69) is 76.4 Å². The quantitative estimate of drug-likeness (QED) is 0.875. The average Bonchev–Trinajstić information content (AvgIpc) is 2.48. The van der Waals surface area contributed by atoms with Crippen molar-refractivity contribution in [2.75, 3.05) is 25.0 Å². The highest BCUT2D eigenvalue weighted by molar-refractivity contribution is 9.10. The van der Waals surface area contributed by atoms with Gasteiger partial charge in [0.05, 0.1) is 0 Å². The Morgan fingerprint density at radius 2 is 1.80 bits per heavy atom. The number of benzene rings is 2. The summed E-state index contributed by atoms with van der Waals surface area (Å²) in [5, 5.41) is 0. The Kier molecular flexibility index (Phi) is 5.62. The molecule has 2 nitrogen and oxygen atoms in total. The number of rotatable bonds is 6. The first-order valence-corrected chi connectivity index (χ1v) is 7.73. The molecule has 2 N–H and O–H groups in total. The number of halogens is 1. The van der Waals surface area contributed by atoms with Crippen molar-refractivity contribution in [1.29, 1.82) is 0 Å². The zero-order valence-corrected chi connectivity index (χ0v) is 13.4. The lowest BCUT2D eigenvalue weighted by Gasteiger charge is -2.20. The lowest BCUT2D eigenvalue weighted by atomic mass is 10.1. The molecule has 106 valence electrons. The number of nitrogens with zero attached hydrogens (tertiary/aromatic N) is 1. The third-order valence-electron chi connectivity index (χ3n) is 3.47. The summed E-state index contributed by atoms with van der Waals surface area (Å²) in [4.78, 5) is 2.28. The van der Waals surface area contributed by atoms with Crippen molar-refractivity contribution in [3.63, 3.8) is 0 Å². The Bertz CT molecular complexity index is 540. The Morgan fingerprint density at radius 3 is 2.45 bits per heavy atom. The zero-order valence-electron chi connectivity index (χ0n) is 11.8. The van der Waals surface area contributed by atoms with E-state index in [9.17, 15) is 0 Å². The lowest BCUT2D eigenvalue weighted by Crippen LogP contribution is -2.20. The zero-order chi connectivity index (χ0) is 14.4. The first-order valence-electron chi connectivity index (χ1n) is 6.94. The van der Waals surface area contributed by atoms with Crippen LogP contribution >= 0.6 is 15.9 Å². The van der Waals surface area contributed by atoms with Crippen molar-refractivity contribution < 1.29 is 0 Å². The van der Waals surface area contributed by atoms with Gasteiger partial charge in [0.15, 0.2) is 0 Å². The van der Waals surface area contributed by atoms with E-state index < -0.39 is 0 Å². The van der Waals surface area contributed by atoms with Crippen LogP contribution in [0, 0.1) is 0 Å². The van der Waals surface area contributed by atoms with Gasteiger partial charge in [0.25, 0.3) is 0 Å². The van der Waals surface area contributed by atoms with Crippen molar-refractivity contribution in [3.05, 3.63) is 64.1 Å². The molecule has 0 saturated heterocycles. The Balaban J connectivity index is 1.98. The minimum atomic E-state index is 0.682. The van der Waals surface area contributed by atoms with Crippen LogP contribution in [0.5, 0.6) is 0 Å². The molecule has 0 bridgehead atoms. The van der Waals surface area contributed by atoms with Crippen LogP contribution in [0.15, 0.2) is 53.0 Å². The van der Waals surface area contributed by atoms with Gasteiger partial charge in [-0.1, -0.05) is 52.3 Å². The fourth-order valence-corrected chi connectivity index (χ4v) is 2.77. The molecule has 20 heavy (non-hydrogen) atoms. The highest BCUT2D eigenvalue weighted by atomic mass is 79.9. The van der Waals surface area contributed by atoms with Gasteiger partial charge in [-0.25, -0.2) is 0 Å². The van der Waals surface area contributed by atoms with Crippen LogP contribution in [0.2, 0.25) is 0 Å². The second-order valence-corrected chi connectivity index (χ2v) is 5.83. The molecule has 0 aliphatic heterocycles. The van der Waals surface area contributed by atoms with E-state index in [1.165, 1.54) is 16.8 Å². The third-order valence-corrected chi connectivity index (χ3v) is 4.21. The number of likely N-dealkylation sites (N-methyl/N-ethyl adjacent to an activating group) is 1. The second-order valence-electron chi connectivity index (χ2n) is 4.97. The summed E-state index contributed by atoms with van der Waals surface area (Å²) in [7, 11) is 2.13. The van der Waals surface area contributed by atoms with E-state index in [1.807, 2.05) is 0 Å². The molecule has 2 aromatic carbocycles. The molecule has 0 unspecified atom stereocenters. The van der Waals surface area contributed by atoms with Gasteiger partial charge in [0, 0.05) is 23.8 Å². The predicted octanol–water partition coefficient (Wildman–Crippen LogP) is 3.63. The smallest absolute Gasteiger partial charge is 0.0375 e. The van der Waals surface area contributed by atoms with E-state index in [-0.39, 0.29) is 0 Å². The Labute approximate surface area is 129 Å². The summed E-state index contributed by atoms with van der Waals surface area (Å²) in [6, 6.07) is 17.1. The van der Waals surface area contributed by atoms with Crippen molar-refractivity contribution in [2.45, 2.75) is 12.8 Å². The van der Waals surface area contributed by atoms with Gasteiger partial charge >= 0.3 is 0 Å². The number of nitrogens with two attached hydrogens (primary N) is 1. The molecule has 0 fully saturated rings. The number of hydrogen-bond donors (Lipinski definition) is 1. The molecule has 0 saturated carbocycles. The molecule has 0 atom stereocenters. The van der Waals surface area contributed by atoms with Gasteiger partial charge in [-0.05, 0) is 42.6 Å². The summed E-state index contributed by atoms with van der Waals surface area (Å²) < 4.78 is 1.15. The highest BCUT2D eigenvalue weighted by Gasteiger charge is 2.05. The summed E-state index contributed by atoms with van der Waals surface area (Å²) in [5.74, 6) is 0. The van der Waals surface area contributed by atoms with E-state index in [0.717, 1.165) is 23.9 Å². The fraction of sp³-hybridized carbons (Fsp3) is 0.294. The highest BCUT2D eigenvalue weighted by Crippen LogP contribution is 2.24. The first-order chi connectivity index (χ1) is 9.70. The topological polar surface area (TPSA) is 29.3 Å². The summed E-state index contributed by atoms with van der Waals surface area (Å²) in [5.41, 5.74) is 9.48. The third kappa shape index (κ3) is 4.09. The van der Waals surface area contributed by atoms with Gasteiger partial charge in [0.2, 0.25) is 0 Å². The molecule has 2 rings (SSSR count). The van der Waals surface area contributed by atoms with Crippen LogP contribution in [-0.2, 0) is 12.8 Å². The van der Waals surface area contributed by atoms with Crippen molar-refractivity contribution in [3.8, 4) is 0 Å². The van der Waals surface area contributed by atoms with Crippen LogP contribution in [-0.4, -0.2) is 20.1 Å². The predicted molar refractivity (Wildman–Crippen MR) is 90.3 cm³/mol. The van der Waals surface area contributed by atoms with E-state index in [1.54, 1.807) is 0 Å². The molecular formula is C17H21BrN2. The molecule has 0 heterocycles. The molecule has 0 aromatic heterocycles. The van der Waals surface area contributed by atoms with Crippen LogP contribution in [0.25, 0.3) is 0 Å². The normalized spacial score (nSPS) is 10.6. The van der Waals surface area contributed by atoms with Crippen LogP contribution in [0.3, 0.4) is 0 Å². The summed E-state index contributed by atoms with van der Waals surface area (Å²) >= 11 is 3.63. The average molecular weight is 333 g/mol. The van der Waals surface area contributed by atoms with Gasteiger partial charge in [0.1, 0.15) is 0 Å². The molecule has 0 aliphatic rings. The Hall–Kier alpha value is -1.32. The van der Waals surface area contributed by atoms with Gasteiger partial charge in [-0.3, -0.25) is 0 Å². The maximum Gasteiger partial charge on any atom is 0.0375 e. The SMILES string of the molecule is CN(CCc1ccccc1)c1ccc(CCN)c(Br)c1. The molecule has 0 spiro atoms. The number of anilines is 1. The minimum absolute atomic E-state index is 0.682. The lowest BCUT2D eigenvalue weighted by molar-refractivity contribution is 0.874. The van der Waals surface area contributed by atoms with Crippen molar-refractivity contribution in [2.24, 2.45) is 5.73 Å². The molecule has 2 aromatic rings. The van der Waals surface area contributed by atoms with Crippen LogP contribution in [0.4, 0.5) is 5.69 Å². The number of hydrogen-bond acceptors (Lipinski definition) is 2. The maximum atomic E-state index is 5.61. The second kappa shape index (κ2) is 7.46. The Morgan fingerprint density at radius 1 is 1.05 bits per heavy atom. The largest absolute Gasteiger partial charge is 0.374 e. The van der Waals surface area contributed by atoms with Crippen molar-refractivity contribution in [1.82, 2.24) is 0 Å². The van der Waals surface area contributed by atoms with Gasteiger partial charge in [-0.15, -0.1) is 0 Å². The van der Waals surface area contributed by atoms with Gasteiger partial charge in [-0.2, -0.15) is 0 Å². The van der Waals surface area contributed by atoms with Gasteiger partial charge < -0.3 is 10.6 Å². The molecular weight excluding hydrogens is 312 g/mol. The van der Waals surface area contributed by atoms with E-state index in [4.69, 9.17) is 5.73 Å². The standard InChI is InChI=1S/C17H21BrN2/c1-20(12-10-14-5-3-2-4-6-14)16-8-7-15(9-11-19)17(18)13-16/h2-8,13H,9-12,19H2,1H3. The molecule has 0 amide bonds. The molecule has 3 heteroatoms. The maximum absolute atomic E-state index is 5.61. The molecule has 0 radical (unpaired) electrons. The fourth-order valence-electron chi connectivity index (χ4n) is 2.20. The van der Waals surface area contributed by atoms with Crippen molar-refractivity contribution >= 4 is 21.6 Å². The summed E-state index contributed by atoms with van der Waals surface area (Å²) in [6.45, 7) is 1.69. The van der Waals surface area contributed by atoms with Crippen LogP contribution in [0.1, 0.15) is 11.1 Å². The van der Waals surface area contributed by atoms with E-state index >= 15 is 0 Å². The van der Waals surface area contributed by atoms with Crippen LogP contribution < -0.4 is 10.6 Å². The first kappa shape index (κ1) is 15.1. The summed E-state index contributed by atoms with van der Waals surface area (Å²) in [6.07, 6.45) is 1.97. The minimum Gasteiger partial charge on any atom is -0.374 e. The monoisotopic (exact) mass is 332 g/mol.